The molecule has 0 spiro atoms. The molecule has 4 atom stereocenters. The highest BCUT2D eigenvalue weighted by atomic mass is 32.2. The van der Waals surface area contributed by atoms with Gasteiger partial charge in [0.05, 0.1) is 19.1 Å². The van der Waals surface area contributed by atoms with E-state index in [0.717, 1.165) is 11.6 Å². The van der Waals surface area contributed by atoms with Crippen LogP contribution in [0.3, 0.4) is 0 Å². The summed E-state index contributed by atoms with van der Waals surface area (Å²) in [5.74, 6) is -1.80. The molecule has 0 radical (unpaired) electrons. The molecule has 2 aliphatic heterocycles. The molecule has 9 heteroatoms. The molecule has 4 rings (SSSR count). The number of hydrogen-bond acceptors (Lipinski definition) is 3. The fourth-order valence-corrected chi connectivity index (χ4v) is 5.17. The molecule has 5 nitrogen and oxygen atoms in total. The van der Waals surface area contributed by atoms with Crippen LogP contribution in [-0.4, -0.2) is 45.8 Å². The molecule has 2 heterocycles. The first-order valence-corrected chi connectivity index (χ1v) is 11.9. The van der Waals surface area contributed by atoms with Crippen LogP contribution in [0.2, 0.25) is 0 Å². The fourth-order valence-electron chi connectivity index (χ4n) is 4.41. The summed E-state index contributed by atoms with van der Waals surface area (Å²) in [5, 5.41) is 0. The highest BCUT2D eigenvalue weighted by Crippen LogP contribution is 2.35. The number of benzene rings is 2. The second kappa shape index (κ2) is 9.62. The normalized spacial score (nSPS) is 23.1. The van der Waals surface area contributed by atoms with E-state index < -0.39 is 28.1 Å². The monoisotopic (exact) mass is 466 g/mol. The van der Waals surface area contributed by atoms with Crippen molar-refractivity contribution in [2.24, 2.45) is 0 Å². The van der Waals surface area contributed by atoms with Crippen LogP contribution in [0.15, 0.2) is 36.4 Å². The lowest BCUT2D eigenvalue weighted by Gasteiger charge is -2.42. The van der Waals surface area contributed by atoms with Gasteiger partial charge < -0.3 is 9.64 Å². The number of hydrogen-bond donors (Lipinski definition) is 1. The number of carbonyl (C=O) groups is 1. The summed E-state index contributed by atoms with van der Waals surface area (Å²) in [6.07, 6.45) is 1.79. The van der Waals surface area contributed by atoms with Gasteiger partial charge in [0.15, 0.2) is 17.1 Å². The number of ether oxygens (including phenoxy) is 1. The van der Waals surface area contributed by atoms with E-state index in [1.807, 2.05) is 12.1 Å². The van der Waals surface area contributed by atoms with E-state index in [4.69, 9.17) is 4.74 Å². The first-order chi connectivity index (χ1) is 15.3. The largest absolute Gasteiger partial charge is 0.489 e. The Morgan fingerprint density at radius 3 is 2.84 bits per heavy atom. The molecule has 0 aromatic heterocycles. The van der Waals surface area contributed by atoms with E-state index in [-0.39, 0.29) is 42.3 Å². The lowest BCUT2D eigenvalue weighted by molar-refractivity contribution is -0.136. The zero-order valence-electron chi connectivity index (χ0n) is 17.7. The van der Waals surface area contributed by atoms with Gasteiger partial charge >= 0.3 is 0 Å². The minimum atomic E-state index is -1.87. The molecule has 1 amide bonds. The number of nitrogens with one attached hydrogen (secondary N) is 1. The molecule has 2 aromatic carbocycles. The standard InChI is InChI=1S/C23H25F3N2O3S/c1-14(24)32(30)27-20-6-3-8-28-21(20)11-15-4-2-5-16(10-15)18-12-17(25)13-19(26)23(18)31-9-7-22(28)29/h2,4-5,10,12-14,20-21,27H,3,6-9,11H2,1H3. The van der Waals surface area contributed by atoms with Gasteiger partial charge in [-0.05, 0) is 43.4 Å². The highest BCUT2D eigenvalue weighted by molar-refractivity contribution is 7.83. The van der Waals surface area contributed by atoms with Crippen molar-refractivity contribution in [3.8, 4) is 16.9 Å². The van der Waals surface area contributed by atoms with Crippen LogP contribution in [0, 0.1) is 11.6 Å². The number of alkyl halides is 1. The van der Waals surface area contributed by atoms with Crippen molar-refractivity contribution < 1.29 is 26.9 Å². The summed E-state index contributed by atoms with van der Waals surface area (Å²) in [7, 11) is -1.87. The molecular weight excluding hydrogens is 441 g/mol. The van der Waals surface area contributed by atoms with Crippen LogP contribution in [-0.2, 0) is 22.2 Å². The maximum Gasteiger partial charge on any atom is 0.226 e. The van der Waals surface area contributed by atoms with Gasteiger partial charge in [0.2, 0.25) is 5.91 Å². The van der Waals surface area contributed by atoms with Crippen molar-refractivity contribution in [1.82, 2.24) is 9.62 Å². The summed E-state index contributed by atoms with van der Waals surface area (Å²) in [6.45, 7) is 1.69. The van der Waals surface area contributed by atoms with E-state index in [2.05, 4.69) is 4.72 Å². The third kappa shape index (κ3) is 4.83. The average Bonchev–Trinajstić information content (AvgIpc) is 2.75. The number of carbonyl (C=O) groups excluding carboxylic acids is 1. The number of piperidine rings is 1. The van der Waals surface area contributed by atoms with Gasteiger partial charge in [0.1, 0.15) is 16.8 Å². The van der Waals surface area contributed by atoms with E-state index in [9.17, 15) is 22.2 Å². The Balaban J connectivity index is 1.75. The van der Waals surface area contributed by atoms with Crippen LogP contribution in [0.5, 0.6) is 5.75 Å². The molecule has 1 fully saturated rings. The topological polar surface area (TPSA) is 58.6 Å². The number of halogens is 3. The quantitative estimate of drug-likeness (QED) is 0.747. The first kappa shape index (κ1) is 22.8. The van der Waals surface area contributed by atoms with Gasteiger partial charge in [0.25, 0.3) is 0 Å². The molecule has 1 N–H and O–H groups in total. The van der Waals surface area contributed by atoms with Gasteiger partial charge in [-0.3, -0.25) is 4.79 Å². The van der Waals surface area contributed by atoms with E-state index in [1.54, 1.807) is 17.0 Å². The molecular formula is C23H25F3N2O3S. The van der Waals surface area contributed by atoms with Gasteiger partial charge in [-0.15, -0.1) is 0 Å². The van der Waals surface area contributed by atoms with Crippen LogP contribution < -0.4 is 9.46 Å². The SMILES string of the molecule is CC(F)S(=O)NC1CCCN2C(=O)CCOc3c(F)cc(F)cc3-c3cccc(c3)CC12. The van der Waals surface area contributed by atoms with Gasteiger partial charge in [0, 0.05) is 24.2 Å². The summed E-state index contributed by atoms with van der Waals surface area (Å²) in [5.41, 5.74) is 0.176. The number of nitrogens with zero attached hydrogens (tertiary/aromatic N) is 1. The second-order valence-corrected chi connectivity index (χ2v) is 9.61. The fraction of sp³-hybridized carbons (Fsp3) is 0.435. The number of amides is 1. The molecule has 0 saturated carbocycles. The summed E-state index contributed by atoms with van der Waals surface area (Å²) >= 11 is 0. The molecule has 32 heavy (non-hydrogen) atoms. The highest BCUT2D eigenvalue weighted by Gasteiger charge is 2.36. The van der Waals surface area contributed by atoms with E-state index in [1.165, 1.54) is 13.0 Å². The predicted molar refractivity (Wildman–Crippen MR) is 116 cm³/mol. The lowest BCUT2D eigenvalue weighted by Crippen LogP contribution is -2.57. The smallest absolute Gasteiger partial charge is 0.226 e. The summed E-state index contributed by atoms with van der Waals surface area (Å²) in [4.78, 5) is 14.7. The number of rotatable bonds is 3. The third-order valence-corrected chi connectivity index (χ3v) is 7.04. The van der Waals surface area contributed by atoms with Crippen LogP contribution in [0.1, 0.15) is 31.7 Å². The van der Waals surface area contributed by atoms with Crippen LogP contribution >= 0.6 is 0 Å². The Kier molecular flexibility index (Phi) is 6.85. The number of fused-ring (bicyclic) bond motifs is 5. The van der Waals surface area contributed by atoms with Gasteiger partial charge in [-0.2, -0.15) is 0 Å². The van der Waals surface area contributed by atoms with Gasteiger partial charge in [-0.1, -0.05) is 24.3 Å². The second-order valence-electron chi connectivity index (χ2n) is 8.13. The van der Waals surface area contributed by atoms with Gasteiger partial charge in [-0.25, -0.2) is 22.1 Å². The van der Waals surface area contributed by atoms with Crippen LogP contribution in [0.25, 0.3) is 11.1 Å². The Morgan fingerprint density at radius 2 is 2.06 bits per heavy atom. The average molecular weight is 467 g/mol. The van der Waals surface area contributed by atoms with Crippen molar-refractivity contribution in [3.05, 3.63) is 53.6 Å². The first-order valence-electron chi connectivity index (χ1n) is 10.6. The molecule has 2 aliphatic rings. The molecule has 2 bridgehead atoms. The minimum Gasteiger partial charge on any atom is -0.489 e. The summed E-state index contributed by atoms with van der Waals surface area (Å²) in [6, 6.07) is 8.50. The molecule has 1 saturated heterocycles. The van der Waals surface area contributed by atoms with Crippen molar-refractivity contribution in [1.29, 1.82) is 0 Å². The Hall–Kier alpha value is -2.39. The maximum atomic E-state index is 14.5. The Morgan fingerprint density at radius 1 is 1.25 bits per heavy atom. The molecule has 172 valence electrons. The van der Waals surface area contributed by atoms with E-state index >= 15 is 0 Å². The third-order valence-electron chi connectivity index (χ3n) is 5.92. The molecule has 2 aromatic rings. The Bertz CT molecular complexity index is 1030. The van der Waals surface area contributed by atoms with Crippen molar-refractivity contribution in [2.45, 2.75) is 50.2 Å². The summed E-state index contributed by atoms with van der Waals surface area (Å²) < 4.78 is 62.7. The maximum absolute atomic E-state index is 14.5. The Labute approximate surface area is 187 Å². The van der Waals surface area contributed by atoms with Crippen molar-refractivity contribution in [3.63, 3.8) is 0 Å². The zero-order valence-corrected chi connectivity index (χ0v) is 18.5. The minimum absolute atomic E-state index is 0.00993. The zero-order chi connectivity index (χ0) is 22.8. The molecule has 0 aliphatic carbocycles. The molecule has 4 unspecified atom stereocenters. The van der Waals surface area contributed by atoms with Crippen LogP contribution in [0.4, 0.5) is 13.2 Å². The predicted octanol–water partition coefficient (Wildman–Crippen LogP) is 3.89. The van der Waals surface area contributed by atoms with Crippen molar-refractivity contribution in [2.75, 3.05) is 13.2 Å². The lowest BCUT2D eigenvalue weighted by atomic mass is 9.90. The van der Waals surface area contributed by atoms with E-state index in [0.29, 0.717) is 31.4 Å². The van der Waals surface area contributed by atoms with Crippen molar-refractivity contribution >= 4 is 16.9 Å².